The summed E-state index contributed by atoms with van der Waals surface area (Å²) in [5.74, 6) is 0.342. The highest BCUT2D eigenvalue weighted by Crippen LogP contribution is 2.04. The fourth-order valence-corrected chi connectivity index (χ4v) is 2.44. The monoisotopic (exact) mass is 249 g/mol. The molecule has 0 spiro atoms. The van der Waals surface area contributed by atoms with Crippen LogP contribution in [0.15, 0.2) is 0 Å². The van der Waals surface area contributed by atoms with Crippen LogP contribution in [-0.4, -0.2) is 37.4 Å². The number of sulfonamides is 1. The van der Waals surface area contributed by atoms with Gasteiger partial charge in [-0.1, -0.05) is 0 Å². The molecule has 15 heavy (non-hydrogen) atoms. The summed E-state index contributed by atoms with van der Waals surface area (Å²) in [6.07, 6.45) is 1.05. The molecular formula is C8H12ClN3O2S. The van der Waals surface area contributed by atoms with Gasteiger partial charge in [-0.2, -0.15) is 14.8 Å². The molecule has 0 aliphatic heterocycles. The molecule has 0 saturated heterocycles. The summed E-state index contributed by atoms with van der Waals surface area (Å²) in [5, 5.41) is 16.8. The summed E-state index contributed by atoms with van der Waals surface area (Å²) < 4.78 is 24.0. The largest absolute Gasteiger partial charge is 0.215 e. The number of nitriles is 2. The van der Waals surface area contributed by atoms with Crippen LogP contribution in [0.5, 0.6) is 0 Å². The van der Waals surface area contributed by atoms with Crippen molar-refractivity contribution >= 4 is 21.6 Å². The standard InChI is InChI=1S/C8H12ClN3O2S/c9-3-1-2-8-15(13,14)12(6-4-10)7-5-11/h1-3,6-8H2. The summed E-state index contributed by atoms with van der Waals surface area (Å²) >= 11 is 5.42. The smallest absolute Gasteiger partial charge is 0.212 e. The minimum atomic E-state index is -3.49. The predicted octanol–water partition coefficient (Wildman–Crippen LogP) is 0.684. The number of halogens is 1. The SMILES string of the molecule is N#CCN(CC#N)S(=O)(=O)CCCCCl. The predicted molar refractivity (Wildman–Crippen MR) is 56.5 cm³/mol. The van der Waals surface area contributed by atoms with Crippen molar-refractivity contribution in [2.24, 2.45) is 0 Å². The molecule has 7 heteroatoms. The second kappa shape index (κ2) is 7.47. The normalized spacial score (nSPS) is 10.9. The van der Waals surface area contributed by atoms with E-state index in [1.807, 2.05) is 0 Å². The highest BCUT2D eigenvalue weighted by Gasteiger charge is 2.20. The van der Waals surface area contributed by atoms with Crippen molar-refractivity contribution in [3.63, 3.8) is 0 Å². The average molecular weight is 250 g/mol. The van der Waals surface area contributed by atoms with Crippen LogP contribution in [-0.2, 0) is 10.0 Å². The van der Waals surface area contributed by atoms with Crippen LogP contribution in [0.1, 0.15) is 12.8 Å². The van der Waals surface area contributed by atoms with Gasteiger partial charge in [0.15, 0.2) is 0 Å². The van der Waals surface area contributed by atoms with Gasteiger partial charge in [-0.3, -0.25) is 0 Å². The number of hydrogen-bond donors (Lipinski definition) is 0. The van der Waals surface area contributed by atoms with Gasteiger partial charge in [0.1, 0.15) is 13.1 Å². The fraction of sp³-hybridized carbons (Fsp3) is 0.750. The Morgan fingerprint density at radius 1 is 1.13 bits per heavy atom. The molecule has 0 bridgehead atoms. The molecule has 0 N–H and O–H groups in total. The zero-order valence-electron chi connectivity index (χ0n) is 8.19. The minimum Gasteiger partial charge on any atom is -0.212 e. The van der Waals surface area contributed by atoms with E-state index in [4.69, 9.17) is 22.1 Å². The van der Waals surface area contributed by atoms with Gasteiger partial charge in [0.25, 0.3) is 0 Å². The van der Waals surface area contributed by atoms with Gasteiger partial charge in [0, 0.05) is 5.88 Å². The molecule has 5 nitrogen and oxygen atoms in total. The van der Waals surface area contributed by atoms with Gasteiger partial charge in [0.2, 0.25) is 10.0 Å². The third-order valence-electron chi connectivity index (χ3n) is 1.67. The molecule has 0 aromatic carbocycles. The van der Waals surface area contributed by atoms with E-state index in [1.165, 1.54) is 0 Å². The van der Waals surface area contributed by atoms with Crippen LogP contribution >= 0.6 is 11.6 Å². The van der Waals surface area contributed by atoms with Crippen LogP contribution in [0.2, 0.25) is 0 Å². The van der Waals surface area contributed by atoms with Crippen molar-refractivity contribution in [1.29, 1.82) is 10.5 Å². The quantitative estimate of drug-likeness (QED) is 0.377. The maximum atomic E-state index is 11.6. The lowest BCUT2D eigenvalue weighted by Gasteiger charge is -2.15. The number of nitrogens with zero attached hydrogens (tertiary/aromatic N) is 3. The summed E-state index contributed by atoms with van der Waals surface area (Å²) in [4.78, 5) is 0. The van der Waals surface area contributed by atoms with E-state index in [0.717, 1.165) is 4.31 Å². The van der Waals surface area contributed by atoms with Crippen molar-refractivity contribution in [1.82, 2.24) is 4.31 Å². The summed E-state index contributed by atoms with van der Waals surface area (Å²) in [6.45, 7) is -0.562. The van der Waals surface area contributed by atoms with E-state index < -0.39 is 10.0 Å². The Balaban J connectivity index is 4.39. The molecule has 0 aromatic rings. The summed E-state index contributed by atoms with van der Waals surface area (Å²) in [6, 6.07) is 3.44. The Morgan fingerprint density at radius 3 is 2.07 bits per heavy atom. The third-order valence-corrected chi connectivity index (χ3v) is 3.79. The van der Waals surface area contributed by atoms with Crippen molar-refractivity contribution < 1.29 is 8.42 Å². The third kappa shape index (κ3) is 5.58. The second-order valence-corrected chi connectivity index (χ2v) is 5.26. The number of unbranched alkanes of at least 4 members (excludes halogenated alkanes) is 1. The first-order valence-corrected chi connectivity index (χ1v) is 6.50. The van der Waals surface area contributed by atoms with Crippen LogP contribution in [0, 0.1) is 22.7 Å². The maximum Gasteiger partial charge on any atom is 0.215 e. The molecule has 0 amide bonds. The van der Waals surface area contributed by atoms with Crippen LogP contribution in [0.4, 0.5) is 0 Å². The highest BCUT2D eigenvalue weighted by atomic mass is 35.5. The van der Waals surface area contributed by atoms with Gasteiger partial charge in [-0.25, -0.2) is 8.42 Å². The number of hydrogen-bond acceptors (Lipinski definition) is 4. The Kier molecular flexibility index (Phi) is 7.06. The summed E-state index contributed by atoms with van der Waals surface area (Å²) in [5.41, 5.74) is 0. The van der Waals surface area contributed by atoms with Crippen LogP contribution < -0.4 is 0 Å². The topological polar surface area (TPSA) is 85.0 Å². The van der Waals surface area contributed by atoms with Crippen molar-refractivity contribution in [2.75, 3.05) is 24.7 Å². The first-order chi connectivity index (χ1) is 7.08. The number of alkyl halides is 1. The maximum absolute atomic E-state index is 11.6. The van der Waals surface area contributed by atoms with Crippen LogP contribution in [0.25, 0.3) is 0 Å². The molecule has 0 aliphatic carbocycles. The minimum absolute atomic E-state index is 0.0664. The lowest BCUT2D eigenvalue weighted by atomic mass is 10.4. The van der Waals surface area contributed by atoms with E-state index in [0.29, 0.717) is 18.7 Å². The lowest BCUT2D eigenvalue weighted by molar-refractivity contribution is 0.477. The molecule has 84 valence electrons. The fourth-order valence-electron chi connectivity index (χ4n) is 0.918. The first-order valence-electron chi connectivity index (χ1n) is 4.36. The molecule has 0 saturated carbocycles. The zero-order chi connectivity index (χ0) is 11.7. The van der Waals surface area contributed by atoms with E-state index >= 15 is 0 Å². The first kappa shape index (κ1) is 14.2. The van der Waals surface area contributed by atoms with E-state index in [-0.39, 0.29) is 18.8 Å². The Labute approximate surface area is 94.9 Å². The molecule has 0 aliphatic rings. The van der Waals surface area contributed by atoms with Gasteiger partial charge in [0.05, 0.1) is 17.9 Å². The Bertz CT molecular complexity index is 339. The van der Waals surface area contributed by atoms with E-state index in [1.54, 1.807) is 12.1 Å². The molecule has 0 aromatic heterocycles. The Morgan fingerprint density at radius 2 is 1.67 bits per heavy atom. The van der Waals surface area contributed by atoms with Gasteiger partial charge in [-0.15, -0.1) is 11.6 Å². The van der Waals surface area contributed by atoms with Crippen molar-refractivity contribution in [3.8, 4) is 12.1 Å². The Hall–Kier alpha value is -0.820. The van der Waals surface area contributed by atoms with Crippen molar-refractivity contribution in [2.45, 2.75) is 12.8 Å². The number of rotatable bonds is 7. The van der Waals surface area contributed by atoms with Gasteiger partial charge >= 0.3 is 0 Å². The zero-order valence-corrected chi connectivity index (χ0v) is 9.76. The second-order valence-electron chi connectivity index (χ2n) is 2.80. The lowest BCUT2D eigenvalue weighted by Crippen LogP contribution is -2.33. The molecule has 0 atom stereocenters. The summed E-state index contributed by atoms with van der Waals surface area (Å²) in [7, 11) is -3.49. The highest BCUT2D eigenvalue weighted by molar-refractivity contribution is 7.89. The molecule has 0 radical (unpaired) electrons. The molecule has 0 unspecified atom stereocenters. The van der Waals surface area contributed by atoms with Gasteiger partial charge in [-0.05, 0) is 12.8 Å². The van der Waals surface area contributed by atoms with E-state index in [2.05, 4.69) is 0 Å². The molecular weight excluding hydrogens is 238 g/mol. The molecule has 0 heterocycles. The van der Waals surface area contributed by atoms with Crippen LogP contribution in [0.3, 0.4) is 0 Å². The average Bonchev–Trinajstić information content (AvgIpc) is 2.18. The van der Waals surface area contributed by atoms with Gasteiger partial charge < -0.3 is 0 Å². The molecule has 0 fully saturated rings. The van der Waals surface area contributed by atoms with E-state index in [9.17, 15) is 8.42 Å². The molecule has 0 rings (SSSR count). The van der Waals surface area contributed by atoms with Crippen molar-refractivity contribution in [3.05, 3.63) is 0 Å².